The first-order valence-electron chi connectivity index (χ1n) is 8.23. The van der Waals surface area contributed by atoms with Crippen LogP contribution in [0.5, 0.6) is 11.5 Å². The van der Waals surface area contributed by atoms with Crippen molar-refractivity contribution in [2.24, 2.45) is 0 Å². The van der Waals surface area contributed by atoms with Crippen LogP contribution in [0.15, 0.2) is 36.5 Å². The molecule has 0 saturated heterocycles. The summed E-state index contributed by atoms with van der Waals surface area (Å²) < 4.78 is 1.33. The number of carbonyl (C=O) groups is 2. The topological polar surface area (TPSA) is 136 Å². The van der Waals surface area contributed by atoms with Crippen LogP contribution >= 0.6 is 0 Å². The first-order chi connectivity index (χ1) is 13.3. The second-order valence-corrected chi connectivity index (χ2v) is 6.40. The number of nitrogens with zero attached hydrogens (tertiary/aromatic N) is 3. The maximum Gasteiger partial charge on any atom is 0.343 e. The molecular formula is C19H13N3O6. The zero-order valence-corrected chi connectivity index (χ0v) is 14.5. The minimum atomic E-state index is -0.656. The summed E-state index contributed by atoms with van der Waals surface area (Å²) in [5.74, 6) is -1.78. The van der Waals surface area contributed by atoms with E-state index in [-0.39, 0.29) is 40.4 Å². The molecule has 9 heteroatoms. The van der Waals surface area contributed by atoms with Crippen molar-refractivity contribution < 1.29 is 24.7 Å². The summed E-state index contributed by atoms with van der Waals surface area (Å²) in [5.41, 5.74) is 0.0753. The number of hydrogen-bond acceptors (Lipinski definition) is 7. The Morgan fingerprint density at radius 2 is 1.79 bits per heavy atom. The van der Waals surface area contributed by atoms with E-state index >= 15 is 0 Å². The van der Waals surface area contributed by atoms with Crippen LogP contribution in [0.3, 0.4) is 0 Å². The molecule has 140 valence electrons. The average Bonchev–Trinajstić information content (AvgIpc) is 3.00. The average molecular weight is 379 g/mol. The highest BCUT2D eigenvalue weighted by atomic mass is 16.6. The Morgan fingerprint density at radius 3 is 2.50 bits per heavy atom. The van der Waals surface area contributed by atoms with E-state index in [9.17, 15) is 29.9 Å². The van der Waals surface area contributed by atoms with E-state index in [0.29, 0.717) is 11.4 Å². The van der Waals surface area contributed by atoms with Crippen molar-refractivity contribution in [1.29, 1.82) is 0 Å². The van der Waals surface area contributed by atoms with Crippen LogP contribution in [0, 0.1) is 17.0 Å². The first-order valence-corrected chi connectivity index (χ1v) is 8.23. The molecule has 0 saturated carbocycles. The van der Waals surface area contributed by atoms with Crippen molar-refractivity contribution in [2.45, 2.75) is 13.5 Å². The maximum absolute atomic E-state index is 12.9. The summed E-state index contributed by atoms with van der Waals surface area (Å²) in [4.78, 5) is 40.1. The predicted molar refractivity (Wildman–Crippen MR) is 95.8 cm³/mol. The monoisotopic (exact) mass is 379 g/mol. The Labute approximate surface area is 157 Å². The number of phenols is 2. The number of aryl methyl sites for hydroxylation is 1. The lowest BCUT2D eigenvalue weighted by molar-refractivity contribution is -0.392. The van der Waals surface area contributed by atoms with Gasteiger partial charge in [0, 0.05) is 18.1 Å². The molecule has 3 aromatic rings. The molecule has 4 rings (SSSR count). The van der Waals surface area contributed by atoms with Gasteiger partial charge in [-0.25, -0.2) is 9.55 Å². The summed E-state index contributed by atoms with van der Waals surface area (Å²) in [6.45, 7) is 1.58. The normalized spacial score (nSPS) is 12.6. The van der Waals surface area contributed by atoms with Crippen molar-refractivity contribution in [3.8, 4) is 11.5 Å². The van der Waals surface area contributed by atoms with Crippen molar-refractivity contribution in [2.75, 3.05) is 0 Å². The van der Waals surface area contributed by atoms with Crippen molar-refractivity contribution >= 4 is 17.4 Å². The molecule has 0 spiro atoms. The fourth-order valence-corrected chi connectivity index (χ4v) is 3.41. The lowest BCUT2D eigenvalue weighted by Crippen LogP contribution is -2.21. The number of aromatic hydroxyl groups is 2. The summed E-state index contributed by atoms with van der Waals surface area (Å²) >= 11 is 0. The largest absolute Gasteiger partial charge is 0.507 e. The molecule has 0 bridgehead atoms. The molecule has 0 radical (unpaired) electrons. The van der Waals surface area contributed by atoms with E-state index in [1.807, 2.05) is 0 Å². The quantitative estimate of drug-likeness (QED) is 0.412. The molecule has 2 aromatic carbocycles. The molecule has 1 aliphatic carbocycles. The van der Waals surface area contributed by atoms with E-state index in [4.69, 9.17) is 0 Å². The number of hydrogen-bond donors (Lipinski definition) is 2. The van der Waals surface area contributed by atoms with E-state index in [0.717, 1.165) is 6.20 Å². The molecule has 1 aliphatic rings. The van der Waals surface area contributed by atoms with Crippen molar-refractivity contribution in [3.05, 3.63) is 80.3 Å². The molecular weight excluding hydrogens is 366 g/mol. The van der Waals surface area contributed by atoms with Gasteiger partial charge in [-0.1, -0.05) is 12.1 Å². The number of nitro groups is 1. The molecule has 1 aromatic heterocycles. The zero-order chi connectivity index (χ0) is 20.2. The Hall–Kier alpha value is -4.01. The van der Waals surface area contributed by atoms with Gasteiger partial charge in [-0.15, -0.1) is 0 Å². The molecule has 28 heavy (non-hydrogen) atoms. The summed E-state index contributed by atoms with van der Waals surface area (Å²) in [6.07, 6.45) is 1.13. The lowest BCUT2D eigenvalue weighted by atomic mass is 9.82. The van der Waals surface area contributed by atoms with Gasteiger partial charge in [0.05, 0.1) is 11.1 Å². The van der Waals surface area contributed by atoms with Gasteiger partial charge in [0.15, 0.2) is 11.6 Å². The van der Waals surface area contributed by atoms with Crippen LogP contribution in [0.2, 0.25) is 0 Å². The number of fused-ring (bicyclic) bond motifs is 2. The first kappa shape index (κ1) is 17.4. The van der Waals surface area contributed by atoms with E-state index in [1.165, 1.54) is 34.9 Å². The van der Waals surface area contributed by atoms with Crippen LogP contribution in [-0.2, 0) is 6.54 Å². The van der Waals surface area contributed by atoms with Crippen LogP contribution < -0.4 is 0 Å². The van der Waals surface area contributed by atoms with Gasteiger partial charge >= 0.3 is 5.82 Å². The molecule has 0 unspecified atom stereocenters. The zero-order valence-electron chi connectivity index (χ0n) is 14.5. The van der Waals surface area contributed by atoms with Gasteiger partial charge in [-0.05, 0) is 28.7 Å². The second-order valence-electron chi connectivity index (χ2n) is 6.40. The molecule has 0 aliphatic heterocycles. The van der Waals surface area contributed by atoms with Gasteiger partial charge < -0.3 is 20.3 Å². The summed E-state index contributed by atoms with van der Waals surface area (Å²) in [7, 11) is 0. The van der Waals surface area contributed by atoms with Gasteiger partial charge in [0.25, 0.3) is 0 Å². The van der Waals surface area contributed by atoms with E-state index in [1.54, 1.807) is 6.92 Å². The highest BCUT2D eigenvalue weighted by Crippen LogP contribution is 2.37. The minimum Gasteiger partial charge on any atom is -0.507 e. The molecule has 0 atom stereocenters. The number of ketones is 2. The standard InChI is InChI=1S/C19H13N3O6/c1-9-20-7-15(22(27)28)21(9)8-10-5-12-17(14(24)6-10)19(26)16-11(18(12)25)3-2-4-13(16)23/h2-7,23-24H,8H2,1H3. The second kappa shape index (κ2) is 6.02. The van der Waals surface area contributed by atoms with Crippen molar-refractivity contribution in [1.82, 2.24) is 9.55 Å². The Morgan fingerprint density at radius 1 is 1.07 bits per heavy atom. The van der Waals surface area contributed by atoms with Crippen LogP contribution in [0.25, 0.3) is 0 Å². The van der Waals surface area contributed by atoms with Crippen molar-refractivity contribution in [3.63, 3.8) is 0 Å². The lowest BCUT2D eigenvalue weighted by Gasteiger charge is -2.20. The highest BCUT2D eigenvalue weighted by Gasteiger charge is 2.34. The molecule has 0 amide bonds. The third kappa shape index (κ3) is 2.44. The molecule has 1 heterocycles. The number of imidazole rings is 1. The van der Waals surface area contributed by atoms with Gasteiger partial charge in [-0.2, -0.15) is 0 Å². The summed E-state index contributed by atoms with van der Waals surface area (Å²) in [5, 5.41) is 31.5. The Bertz CT molecular complexity index is 1190. The fourth-order valence-electron chi connectivity index (χ4n) is 3.41. The van der Waals surface area contributed by atoms with Gasteiger partial charge in [0.1, 0.15) is 24.2 Å². The van der Waals surface area contributed by atoms with Crippen LogP contribution in [-0.4, -0.2) is 36.3 Å². The van der Waals surface area contributed by atoms with Crippen LogP contribution in [0.4, 0.5) is 5.82 Å². The summed E-state index contributed by atoms with van der Waals surface area (Å²) in [6, 6.07) is 6.87. The Balaban J connectivity index is 1.84. The van der Waals surface area contributed by atoms with Gasteiger partial charge in [-0.3, -0.25) is 9.59 Å². The number of phenolic OH excluding ortho intramolecular Hbond substituents is 2. The highest BCUT2D eigenvalue weighted by molar-refractivity contribution is 6.30. The minimum absolute atomic E-state index is 0.0153. The smallest absolute Gasteiger partial charge is 0.343 e. The number of carbonyl (C=O) groups excluding carboxylic acids is 2. The SMILES string of the molecule is Cc1ncc([N+](=O)[O-])n1Cc1cc(O)c2c(c1)C(=O)c1cccc(O)c1C2=O. The number of aromatic nitrogens is 2. The van der Waals surface area contributed by atoms with E-state index in [2.05, 4.69) is 4.98 Å². The molecule has 0 fully saturated rings. The number of benzene rings is 2. The Kier molecular flexibility index (Phi) is 3.74. The third-order valence-electron chi connectivity index (χ3n) is 4.72. The van der Waals surface area contributed by atoms with Crippen LogP contribution in [0.1, 0.15) is 43.2 Å². The number of rotatable bonds is 3. The fraction of sp³-hybridized carbons (Fsp3) is 0.105. The maximum atomic E-state index is 12.9. The third-order valence-corrected chi connectivity index (χ3v) is 4.72. The molecule has 2 N–H and O–H groups in total. The van der Waals surface area contributed by atoms with E-state index < -0.39 is 22.2 Å². The predicted octanol–water partition coefficient (Wildman–Crippen LogP) is 2.33. The van der Waals surface area contributed by atoms with Gasteiger partial charge in [0.2, 0.25) is 5.78 Å². The molecule has 9 nitrogen and oxygen atoms in total.